The van der Waals surface area contributed by atoms with E-state index < -0.39 is 32.2 Å². The molecule has 0 N–H and O–H groups in total. The van der Waals surface area contributed by atoms with Gasteiger partial charge in [0.1, 0.15) is 4.90 Å². The maximum atomic E-state index is 13.2. The van der Waals surface area contributed by atoms with Gasteiger partial charge in [-0.15, -0.1) is 0 Å². The maximum absolute atomic E-state index is 13.2. The lowest BCUT2D eigenvalue weighted by Gasteiger charge is -2.37. The van der Waals surface area contributed by atoms with Crippen molar-refractivity contribution in [1.82, 2.24) is 4.31 Å². The summed E-state index contributed by atoms with van der Waals surface area (Å²) in [7, 11) is -7.54. The van der Waals surface area contributed by atoms with Gasteiger partial charge in [-0.1, -0.05) is 18.0 Å². The van der Waals surface area contributed by atoms with Crippen LogP contribution in [0.2, 0.25) is 5.02 Å². The second-order valence-corrected chi connectivity index (χ2v) is 10.4. The molecule has 2 saturated heterocycles. The quantitative estimate of drug-likeness (QED) is 0.751. The molecule has 25 heavy (non-hydrogen) atoms. The molecule has 1 aromatic rings. The van der Waals surface area contributed by atoms with Crippen LogP contribution in [0.3, 0.4) is 0 Å². The molecule has 1 atom stereocenters. The summed E-state index contributed by atoms with van der Waals surface area (Å²) in [5.74, 6) is 0. The summed E-state index contributed by atoms with van der Waals surface area (Å²) in [6.07, 6.45) is 2.62. The van der Waals surface area contributed by atoms with Gasteiger partial charge in [-0.2, -0.15) is 4.31 Å². The summed E-state index contributed by atoms with van der Waals surface area (Å²) >= 11 is 6.09. The Morgan fingerprint density at radius 2 is 1.80 bits per heavy atom. The van der Waals surface area contributed by atoms with E-state index >= 15 is 0 Å². The van der Waals surface area contributed by atoms with E-state index in [1.54, 1.807) is 0 Å². The Hall–Kier alpha value is -0.710. The highest BCUT2D eigenvalue weighted by atomic mass is 35.5. The van der Waals surface area contributed by atoms with Crippen molar-refractivity contribution in [2.45, 2.75) is 41.4 Å². The number of hydrogen-bond donors (Lipinski definition) is 0. The average molecular weight is 410 g/mol. The van der Waals surface area contributed by atoms with Crippen LogP contribution in [0.5, 0.6) is 0 Å². The van der Waals surface area contributed by atoms with E-state index in [1.807, 2.05) is 0 Å². The van der Waals surface area contributed by atoms with Crippen molar-refractivity contribution >= 4 is 31.5 Å². The van der Waals surface area contributed by atoms with Crippen LogP contribution < -0.4 is 0 Å². The van der Waals surface area contributed by atoms with Crippen molar-refractivity contribution < 1.29 is 26.3 Å². The van der Waals surface area contributed by atoms with E-state index in [9.17, 15) is 16.8 Å². The SMILES string of the molecule is CS(=O)(=O)c1ccc(Cl)c(S(=O)(=O)N2CCCC[C@H]2C2OCCO2)c1. The summed E-state index contributed by atoms with van der Waals surface area (Å²) in [6.45, 7) is 1.17. The topological polar surface area (TPSA) is 90.0 Å². The van der Waals surface area contributed by atoms with Crippen molar-refractivity contribution in [1.29, 1.82) is 0 Å². The molecular weight excluding hydrogens is 390 g/mol. The van der Waals surface area contributed by atoms with E-state index in [0.717, 1.165) is 18.7 Å². The lowest BCUT2D eigenvalue weighted by Crippen LogP contribution is -2.50. The highest BCUT2D eigenvalue weighted by molar-refractivity contribution is 7.91. The number of hydrogen-bond acceptors (Lipinski definition) is 6. The first-order valence-corrected chi connectivity index (χ1v) is 11.7. The number of rotatable bonds is 4. The van der Waals surface area contributed by atoms with Gasteiger partial charge in [-0.05, 0) is 31.0 Å². The van der Waals surface area contributed by atoms with Crippen molar-refractivity contribution in [3.8, 4) is 0 Å². The van der Waals surface area contributed by atoms with Crippen LogP contribution in [0.1, 0.15) is 19.3 Å². The zero-order valence-electron chi connectivity index (χ0n) is 13.7. The zero-order valence-corrected chi connectivity index (χ0v) is 16.1. The van der Waals surface area contributed by atoms with E-state index in [-0.39, 0.29) is 14.8 Å². The number of ether oxygens (including phenoxy) is 2. The highest BCUT2D eigenvalue weighted by Crippen LogP contribution is 2.33. The molecule has 3 rings (SSSR count). The van der Waals surface area contributed by atoms with Crippen LogP contribution in [0.25, 0.3) is 0 Å². The molecule has 0 unspecified atom stereocenters. The first-order valence-electron chi connectivity index (χ1n) is 7.96. The predicted octanol–water partition coefficient (Wildman–Crippen LogP) is 1.66. The molecule has 10 heteroatoms. The number of sulfone groups is 1. The fourth-order valence-electron chi connectivity index (χ4n) is 3.14. The molecule has 2 fully saturated rings. The molecule has 0 spiro atoms. The van der Waals surface area contributed by atoms with Gasteiger partial charge in [-0.3, -0.25) is 0 Å². The predicted molar refractivity (Wildman–Crippen MR) is 91.8 cm³/mol. The lowest BCUT2D eigenvalue weighted by atomic mass is 10.0. The minimum absolute atomic E-state index is 0.00928. The van der Waals surface area contributed by atoms with Crippen molar-refractivity contribution in [2.24, 2.45) is 0 Å². The second-order valence-electron chi connectivity index (χ2n) is 6.15. The minimum Gasteiger partial charge on any atom is -0.349 e. The monoisotopic (exact) mass is 409 g/mol. The molecule has 0 aliphatic carbocycles. The molecule has 0 bridgehead atoms. The number of benzene rings is 1. The summed E-state index contributed by atoms with van der Waals surface area (Å²) in [6, 6.07) is 3.27. The van der Waals surface area contributed by atoms with Crippen LogP contribution in [0, 0.1) is 0 Å². The van der Waals surface area contributed by atoms with Crippen molar-refractivity contribution in [2.75, 3.05) is 26.0 Å². The smallest absolute Gasteiger partial charge is 0.245 e. The van der Waals surface area contributed by atoms with Crippen LogP contribution in [0.4, 0.5) is 0 Å². The maximum Gasteiger partial charge on any atom is 0.245 e. The Balaban J connectivity index is 2.02. The first-order chi connectivity index (χ1) is 11.7. The van der Waals surface area contributed by atoms with Gasteiger partial charge in [0.2, 0.25) is 10.0 Å². The molecule has 0 aromatic heterocycles. The van der Waals surface area contributed by atoms with Gasteiger partial charge < -0.3 is 9.47 Å². The summed E-state index contributed by atoms with van der Waals surface area (Å²) in [5, 5.41) is -0.00928. The third-order valence-electron chi connectivity index (χ3n) is 4.38. The van der Waals surface area contributed by atoms with E-state index in [0.29, 0.717) is 32.6 Å². The fourth-order valence-corrected chi connectivity index (χ4v) is 6.04. The summed E-state index contributed by atoms with van der Waals surface area (Å²) < 4.78 is 62.3. The number of sulfonamides is 1. The zero-order chi connectivity index (χ0) is 18.2. The molecule has 2 aliphatic rings. The van der Waals surface area contributed by atoms with Crippen LogP contribution in [0.15, 0.2) is 28.0 Å². The molecule has 7 nitrogen and oxygen atoms in total. The fraction of sp³-hybridized carbons (Fsp3) is 0.600. The van der Waals surface area contributed by atoms with E-state index in [2.05, 4.69) is 0 Å². The number of nitrogens with zero attached hydrogens (tertiary/aromatic N) is 1. The van der Waals surface area contributed by atoms with Gasteiger partial charge in [0, 0.05) is 12.8 Å². The summed E-state index contributed by atoms with van der Waals surface area (Å²) in [4.78, 5) is -0.292. The van der Waals surface area contributed by atoms with Gasteiger partial charge in [0.25, 0.3) is 0 Å². The number of halogens is 1. The van der Waals surface area contributed by atoms with Crippen molar-refractivity contribution in [3.05, 3.63) is 23.2 Å². The largest absolute Gasteiger partial charge is 0.349 e. The first kappa shape index (κ1) is 19.1. The number of piperidine rings is 1. The van der Waals surface area contributed by atoms with Crippen LogP contribution >= 0.6 is 11.6 Å². The van der Waals surface area contributed by atoms with Crippen LogP contribution in [-0.2, 0) is 29.3 Å². The molecule has 1 aromatic carbocycles. The van der Waals surface area contributed by atoms with Gasteiger partial charge in [0.15, 0.2) is 16.1 Å². The molecule has 0 saturated carbocycles. The minimum atomic E-state index is -3.99. The Kier molecular flexibility index (Phi) is 5.44. The lowest BCUT2D eigenvalue weighted by molar-refractivity contribution is -0.0913. The van der Waals surface area contributed by atoms with E-state index in [4.69, 9.17) is 21.1 Å². The van der Waals surface area contributed by atoms with E-state index in [1.165, 1.54) is 16.4 Å². The molecule has 140 valence electrons. The highest BCUT2D eigenvalue weighted by Gasteiger charge is 2.41. The Morgan fingerprint density at radius 3 is 2.44 bits per heavy atom. The molecule has 2 aliphatic heterocycles. The molecule has 2 heterocycles. The third kappa shape index (κ3) is 3.86. The van der Waals surface area contributed by atoms with Gasteiger partial charge in [-0.25, -0.2) is 16.8 Å². The van der Waals surface area contributed by atoms with Crippen LogP contribution in [-0.4, -0.2) is 59.5 Å². The Labute approximate surface area is 152 Å². The molecular formula is C15H20ClNO6S2. The molecule has 0 radical (unpaired) electrons. The molecule has 0 amide bonds. The standard InChI is InChI=1S/C15H20ClNO6S2/c1-24(18,19)11-5-6-12(16)14(10-11)25(20,21)17-7-3-2-4-13(17)15-22-8-9-23-15/h5-6,10,13,15H,2-4,7-9H2,1H3/t13-/m0/s1. The average Bonchev–Trinajstić information content (AvgIpc) is 3.08. The summed E-state index contributed by atoms with van der Waals surface area (Å²) in [5.41, 5.74) is 0. The van der Waals surface area contributed by atoms with Gasteiger partial charge >= 0.3 is 0 Å². The van der Waals surface area contributed by atoms with Crippen molar-refractivity contribution in [3.63, 3.8) is 0 Å². The third-order valence-corrected chi connectivity index (χ3v) is 7.89. The normalized spacial score (nSPS) is 23.8. The Bertz CT molecular complexity index is 849. The Morgan fingerprint density at radius 1 is 1.12 bits per heavy atom. The van der Waals surface area contributed by atoms with Gasteiger partial charge in [0.05, 0.1) is 29.2 Å². The second kappa shape index (κ2) is 7.13.